The summed E-state index contributed by atoms with van der Waals surface area (Å²) in [5, 5.41) is 18.1. The number of carbonyl (C=O) groups excluding carboxylic acids is 1. The van der Waals surface area contributed by atoms with Gasteiger partial charge in [0.15, 0.2) is 17.2 Å². The number of aliphatic hydroxyl groups is 1. The molecular weight excluding hydrogens is 280 g/mol. The Morgan fingerprint density at radius 1 is 1.05 bits per heavy atom. The molecule has 1 N–H and O–H groups in total. The van der Waals surface area contributed by atoms with Crippen LogP contribution >= 0.6 is 0 Å². The van der Waals surface area contributed by atoms with Gasteiger partial charge in [0.2, 0.25) is 0 Å². The Balaban J connectivity index is 2.32. The third-order valence-electron chi connectivity index (χ3n) is 2.94. The summed E-state index contributed by atoms with van der Waals surface area (Å²) in [7, 11) is 1.57. The van der Waals surface area contributed by atoms with E-state index in [1.807, 2.05) is 6.07 Å². The number of hydrogen-bond acceptors (Lipinski definition) is 5. The molecule has 0 unspecified atom stereocenters. The van der Waals surface area contributed by atoms with E-state index in [0.717, 1.165) is 0 Å². The van der Waals surface area contributed by atoms with Crippen LogP contribution in [0.25, 0.3) is 5.76 Å². The van der Waals surface area contributed by atoms with Gasteiger partial charge in [-0.2, -0.15) is 5.11 Å². The lowest BCUT2D eigenvalue weighted by molar-refractivity contribution is -0.113. The van der Waals surface area contributed by atoms with Crippen molar-refractivity contribution in [1.29, 1.82) is 0 Å². The molecule has 22 heavy (non-hydrogen) atoms. The van der Waals surface area contributed by atoms with E-state index in [9.17, 15) is 9.90 Å². The van der Waals surface area contributed by atoms with Gasteiger partial charge in [-0.25, -0.2) is 0 Å². The summed E-state index contributed by atoms with van der Waals surface area (Å²) in [5.41, 5.74) is 0.990. The van der Waals surface area contributed by atoms with Crippen LogP contribution in [0.5, 0.6) is 5.75 Å². The molecular formula is C17H16N2O3. The summed E-state index contributed by atoms with van der Waals surface area (Å²) in [5.74, 6) is 0.150. The number of nitrogens with zero attached hydrogens (tertiary/aromatic N) is 2. The predicted molar refractivity (Wildman–Crippen MR) is 84.2 cm³/mol. The van der Waals surface area contributed by atoms with E-state index in [1.54, 1.807) is 55.6 Å². The second kappa shape index (κ2) is 7.17. The molecule has 0 atom stereocenters. The van der Waals surface area contributed by atoms with Crippen LogP contribution < -0.4 is 4.74 Å². The molecule has 0 radical (unpaired) electrons. The molecule has 0 fully saturated rings. The second-order valence-corrected chi connectivity index (χ2v) is 4.52. The molecule has 0 saturated carbocycles. The van der Waals surface area contributed by atoms with Gasteiger partial charge in [0.1, 0.15) is 5.75 Å². The van der Waals surface area contributed by atoms with Crippen LogP contribution in [-0.4, -0.2) is 18.0 Å². The van der Waals surface area contributed by atoms with Gasteiger partial charge >= 0.3 is 0 Å². The number of azo groups is 1. The number of carbonyl (C=O) groups is 1. The number of rotatable bonds is 5. The highest BCUT2D eigenvalue weighted by molar-refractivity contribution is 5.99. The van der Waals surface area contributed by atoms with Gasteiger partial charge in [-0.15, -0.1) is 5.11 Å². The van der Waals surface area contributed by atoms with E-state index in [2.05, 4.69) is 10.2 Å². The van der Waals surface area contributed by atoms with E-state index >= 15 is 0 Å². The maximum Gasteiger partial charge on any atom is 0.183 e. The Bertz CT molecular complexity index is 704. The molecule has 2 aromatic carbocycles. The summed E-state index contributed by atoms with van der Waals surface area (Å²) in [4.78, 5) is 11.7. The second-order valence-electron chi connectivity index (χ2n) is 4.52. The average molecular weight is 296 g/mol. The summed E-state index contributed by atoms with van der Waals surface area (Å²) >= 11 is 0. The number of benzene rings is 2. The van der Waals surface area contributed by atoms with Crippen LogP contribution in [0.3, 0.4) is 0 Å². The van der Waals surface area contributed by atoms with Crippen molar-refractivity contribution in [1.82, 2.24) is 0 Å². The molecule has 0 aliphatic heterocycles. The van der Waals surface area contributed by atoms with Gasteiger partial charge < -0.3 is 9.84 Å². The molecule has 0 amide bonds. The lowest BCUT2D eigenvalue weighted by atomic mass is 10.1. The van der Waals surface area contributed by atoms with Gasteiger partial charge in [0.05, 0.1) is 12.8 Å². The van der Waals surface area contributed by atoms with Crippen molar-refractivity contribution in [3.05, 3.63) is 65.9 Å². The Hall–Kier alpha value is -2.95. The van der Waals surface area contributed by atoms with Crippen LogP contribution in [0.4, 0.5) is 5.69 Å². The third-order valence-corrected chi connectivity index (χ3v) is 2.94. The fourth-order valence-corrected chi connectivity index (χ4v) is 1.77. The van der Waals surface area contributed by atoms with Crippen molar-refractivity contribution in [2.75, 3.05) is 7.11 Å². The SMILES string of the molecule is COc1ccc(N=N/C(C(C)=O)=C(\O)c2ccccc2)cc1. The first-order chi connectivity index (χ1) is 10.6. The van der Waals surface area contributed by atoms with Gasteiger partial charge in [0, 0.05) is 12.5 Å². The molecule has 5 heteroatoms. The van der Waals surface area contributed by atoms with E-state index in [0.29, 0.717) is 17.0 Å². The van der Waals surface area contributed by atoms with Gasteiger partial charge in [-0.05, 0) is 24.3 Å². The van der Waals surface area contributed by atoms with E-state index < -0.39 is 0 Å². The highest BCUT2D eigenvalue weighted by Gasteiger charge is 2.12. The van der Waals surface area contributed by atoms with Crippen molar-refractivity contribution in [2.24, 2.45) is 10.2 Å². The monoisotopic (exact) mass is 296 g/mol. The minimum Gasteiger partial charge on any atom is -0.505 e. The first kappa shape index (κ1) is 15.4. The number of hydrogen-bond donors (Lipinski definition) is 1. The lowest BCUT2D eigenvalue weighted by Gasteiger charge is -2.03. The normalized spacial score (nSPS) is 12.1. The Labute approximate surface area is 128 Å². The van der Waals surface area contributed by atoms with Crippen LogP contribution in [0, 0.1) is 0 Å². The van der Waals surface area contributed by atoms with Crippen molar-refractivity contribution in [2.45, 2.75) is 6.92 Å². The Morgan fingerprint density at radius 2 is 1.68 bits per heavy atom. The van der Waals surface area contributed by atoms with Gasteiger partial charge in [0.25, 0.3) is 0 Å². The topological polar surface area (TPSA) is 71.2 Å². The van der Waals surface area contributed by atoms with Crippen molar-refractivity contribution in [3.63, 3.8) is 0 Å². The maximum atomic E-state index is 11.7. The molecule has 0 aliphatic carbocycles. The van der Waals surface area contributed by atoms with Crippen LogP contribution in [0.15, 0.2) is 70.5 Å². The molecule has 112 valence electrons. The molecule has 0 bridgehead atoms. The molecule has 0 aromatic heterocycles. The first-order valence-corrected chi connectivity index (χ1v) is 6.67. The number of ketones is 1. The summed E-state index contributed by atoms with van der Waals surface area (Å²) < 4.78 is 5.05. The zero-order valence-corrected chi connectivity index (χ0v) is 12.4. The minimum absolute atomic E-state index is 0.0815. The van der Waals surface area contributed by atoms with Crippen LogP contribution in [-0.2, 0) is 4.79 Å². The predicted octanol–water partition coefficient (Wildman–Crippen LogP) is 4.29. The van der Waals surface area contributed by atoms with Crippen molar-refractivity contribution >= 4 is 17.2 Å². The minimum atomic E-state index is -0.362. The highest BCUT2D eigenvalue weighted by atomic mass is 16.5. The molecule has 5 nitrogen and oxygen atoms in total. The third kappa shape index (κ3) is 3.79. The maximum absolute atomic E-state index is 11.7. The molecule has 2 rings (SSSR count). The smallest absolute Gasteiger partial charge is 0.183 e. The lowest BCUT2D eigenvalue weighted by Crippen LogP contribution is -1.98. The van der Waals surface area contributed by atoms with E-state index in [4.69, 9.17) is 4.74 Å². The number of Topliss-reactive ketones (excluding diaryl/α,β-unsaturated/α-hetero) is 1. The quantitative estimate of drug-likeness (QED) is 0.508. The fraction of sp³-hybridized carbons (Fsp3) is 0.118. The van der Waals surface area contributed by atoms with E-state index in [1.165, 1.54) is 6.92 Å². The van der Waals surface area contributed by atoms with Crippen LogP contribution in [0.1, 0.15) is 12.5 Å². The number of ether oxygens (including phenoxy) is 1. The highest BCUT2D eigenvalue weighted by Crippen LogP contribution is 2.22. The number of aliphatic hydroxyl groups excluding tert-OH is 1. The summed E-state index contributed by atoms with van der Waals surface area (Å²) in [6.45, 7) is 1.33. The summed E-state index contributed by atoms with van der Waals surface area (Å²) in [6.07, 6.45) is 0. The van der Waals surface area contributed by atoms with Gasteiger partial charge in [-0.3, -0.25) is 4.79 Å². The van der Waals surface area contributed by atoms with Crippen molar-refractivity contribution < 1.29 is 14.6 Å². The average Bonchev–Trinajstić information content (AvgIpc) is 2.56. The standard InChI is InChI=1S/C17H16N2O3/c1-12(20)16(17(21)13-6-4-3-5-7-13)19-18-14-8-10-15(22-2)11-9-14/h3-11,21H,1-2H3/b17-16-,19-18?. The zero-order chi connectivity index (χ0) is 15.9. The molecule has 0 aliphatic rings. The zero-order valence-electron chi connectivity index (χ0n) is 12.4. The summed E-state index contributed by atoms with van der Waals surface area (Å²) in [6, 6.07) is 15.6. The number of allylic oxidation sites excluding steroid dienone is 1. The van der Waals surface area contributed by atoms with E-state index in [-0.39, 0.29) is 17.2 Å². The fourth-order valence-electron chi connectivity index (χ4n) is 1.77. The molecule has 0 saturated heterocycles. The Morgan fingerprint density at radius 3 is 2.23 bits per heavy atom. The molecule has 0 spiro atoms. The largest absolute Gasteiger partial charge is 0.505 e. The number of methoxy groups -OCH3 is 1. The first-order valence-electron chi connectivity index (χ1n) is 6.67. The Kier molecular flexibility index (Phi) is 5.03. The van der Waals surface area contributed by atoms with Gasteiger partial charge in [-0.1, -0.05) is 30.3 Å². The molecule has 0 heterocycles. The molecule has 2 aromatic rings. The van der Waals surface area contributed by atoms with Crippen LogP contribution in [0.2, 0.25) is 0 Å². The van der Waals surface area contributed by atoms with Crippen molar-refractivity contribution in [3.8, 4) is 5.75 Å².